The fourth-order valence-electron chi connectivity index (χ4n) is 9.02. The van der Waals surface area contributed by atoms with Gasteiger partial charge in [0.15, 0.2) is 5.82 Å². The van der Waals surface area contributed by atoms with E-state index in [1.165, 1.54) is 11.1 Å². The van der Waals surface area contributed by atoms with E-state index in [1.807, 2.05) is 6.07 Å². The van der Waals surface area contributed by atoms with Crippen molar-refractivity contribution >= 4 is 27.5 Å². The van der Waals surface area contributed by atoms with Crippen molar-refractivity contribution in [1.29, 1.82) is 0 Å². The molecule has 0 spiro atoms. The number of alkyl halides is 1. The molecule has 9 rings (SSSR count). The van der Waals surface area contributed by atoms with Crippen molar-refractivity contribution < 1.29 is 18.6 Å². The van der Waals surface area contributed by atoms with Crippen LogP contribution in [0.15, 0.2) is 30.5 Å². The first-order valence-corrected chi connectivity index (χ1v) is 16.6. The minimum atomic E-state index is -0.868. The predicted octanol–water partition coefficient (Wildman–Crippen LogP) is 5.46. The number of pyridine rings is 1. The number of ether oxygens (including phenoxy) is 1. The number of aromatic nitrogens is 3. The number of hydrogen-bond acceptors (Lipinski definition) is 8. The van der Waals surface area contributed by atoms with Gasteiger partial charge in [0.25, 0.3) is 0 Å². The molecule has 0 amide bonds. The van der Waals surface area contributed by atoms with Gasteiger partial charge in [-0.2, -0.15) is 9.97 Å². The maximum atomic E-state index is 17.0. The van der Waals surface area contributed by atoms with Crippen molar-refractivity contribution in [3.8, 4) is 23.0 Å². The fraction of sp³-hybridized carbons (Fsp3) is 0.514. The second kappa shape index (κ2) is 10.5. The highest BCUT2D eigenvalue weighted by Gasteiger charge is 2.49. The molecule has 4 aromatic rings. The topological polar surface area (TPSA) is 86.6 Å². The van der Waals surface area contributed by atoms with Crippen LogP contribution in [-0.4, -0.2) is 81.5 Å². The smallest absolute Gasteiger partial charge is 0.319 e. The summed E-state index contributed by atoms with van der Waals surface area (Å²) in [7, 11) is 0. The standard InChI is InChI=1S/C35H38F2N6O2/c36-22-14-35(10-3-11-43(35)16-22)19-45-34-40-32-28(33(41-34)42-17-23-8-9-24(18-42)39-23)15-38-31(30(32)37)27-13-25(44)12-21-7-6-20-4-1-2-5-26(20)29(21)27/h6-7,12-13,15,22-24,39,44H,1-5,8-11,14,16-19H2/t22-,23-,24+,35+/m1/s1. The van der Waals surface area contributed by atoms with Crippen LogP contribution in [0.4, 0.5) is 14.6 Å². The quantitative estimate of drug-likeness (QED) is 0.307. The zero-order valence-corrected chi connectivity index (χ0v) is 25.4. The molecule has 45 heavy (non-hydrogen) atoms. The van der Waals surface area contributed by atoms with E-state index in [4.69, 9.17) is 14.7 Å². The first-order chi connectivity index (χ1) is 21.9. The van der Waals surface area contributed by atoms with Gasteiger partial charge >= 0.3 is 6.01 Å². The fourth-order valence-corrected chi connectivity index (χ4v) is 9.02. The Labute approximate surface area is 260 Å². The highest BCUT2D eigenvalue weighted by atomic mass is 19.1. The summed E-state index contributed by atoms with van der Waals surface area (Å²) in [6.45, 7) is 3.09. The molecule has 1 aliphatic carbocycles. The number of halogens is 2. The number of fused-ring (bicyclic) bond motifs is 7. The molecule has 2 bridgehead atoms. The molecule has 4 aliphatic heterocycles. The molecule has 6 heterocycles. The number of phenolic OH excluding ortho intramolecular Hbond substituents is 1. The average molecular weight is 613 g/mol. The second-order valence-electron chi connectivity index (χ2n) is 13.9. The van der Waals surface area contributed by atoms with Crippen LogP contribution in [0.25, 0.3) is 32.9 Å². The minimum Gasteiger partial charge on any atom is -0.508 e. The zero-order valence-electron chi connectivity index (χ0n) is 25.4. The van der Waals surface area contributed by atoms with Crippen LogP contribution < -0.4 is 15.0 Å². The maximum absolute atomic E-state index is 17.0. The summed E-state index contributed by atoms with van der Waals surface area (Å²) in [6.07, 6.45) is 9.44. The van der Waals surface area contributed by atoms with Gasteiger partial charge in [0, 0.05) is 49.9 Å². The molecule has 5 aliphatic rings. The van der Waals surface area contributed by atoms with Crippen LogP contribution in [0.3, 0.4) is 0 Å². The van der Waals surface area contributed by atoms with E-state index >= 15 is 4.39 Å². The lowest BCUT2D eigenvalue weighted by molar-refractivity contribution is 0.107. The largest absolute Gasteiger partial charge is 0.508 e. The van der Waals surface area contributed by atoms with Crippen LogP contribution in [0.1, 0.15) is 56.1 Å². The Morgan fingerprint density at radius 2 is 1.89 bits per heavy atom. The predicted molar refractivity (Wildman–Crippen MR) is 169 cm³/mol. The monoisotopic (exact) mass is 612 g/mol. The molecule has 10 heteroatoms. The molecule has 8 nitrogen and oxygen atoms in total. The van der Waals surface area contributed by atoms with Crippen LogP contribution in [0.2, 0.25) is 0 Å². The molecular formula is C35H38F2N6O2. The number of hydrogen-bond donors (Lipinski definition) is 2. The minimum absolute atomic E-state index is 0.0707. The molecule has 4 saturated heterocycles. The summed E-state index contributed by atoms with van der Waals surface area (Å²) in [4.78, 5) is 18.7. The summed E-state index contributed by atoms with van der Waals surface area (Å²) >= 11 is 0. The third-order valence-corrected chi connectivity index (χ3v) is 11.1. The molecular weight excluding hydrogens is 574 g/mol. The van der Waals surface area contributed by atoms with Gasteiger partial charge in [-0.05, 0) is 91.9 Å². The number of aromatic hydroxyl groups is 1. The van der Waals surface area contributed by atoms with E-state index < -0.39 is 12.0 Å². The number of piperazine rings is 1. The van der Waals surface area contributed by atoms with Gasteiger partial charge < -0.3 is 20.1 Å². The highest BCUT2D eigenvalue weighted by Crippen LogP contribution is 2.43. The lowest BCUT2D eigenvalue weighted by Crippen LogP contribution is -2.51. The highest BCUT2D eigenvalue weighted by molar-refractivity contribution is 6.02. The third-order valence-electron chi connectivity index (χ3n) is 11.1. The first kappa shape index (κ1) is 27.7. The lowest BCUT2D eigenvalue weighted by Gasteiger charge is -2.34. The maximum Gasteiger partial charge on any atom is 0.319 e. The third kappa shape index (κ3) is 4.54. The Balaban J connectivity index is 1.19. The van der Waals surface area contributed by atoms with Gasteiger partial charge in [0.2, 0.25) is 0 Å². The lowest BCUT2D eigenvalue weighted by atomic mass is 9.85. The van der Waals surface area contributed by atoms with Crippen LogP contribution >= 0.6 is 0 Å². The molecule has 0 radical (unpaired) electrons. The number of anilines is 1. The Bertz CT molecular complexity index is 1820. The number of benzene rings is 2. The normalized spacial score (nSPS) is 27.8. The Morgan fingerprint density at radius 1 is 1.04 bits per heavy atom. The van der Waals surface area contributed by atoms with Gasteiger partial charge in [0.1, 0.15) is 35.6 Å². The van der Waals surface area contributed by atoms with Gasteiger partial charge in [-0.25, -0.2) is 8.78 Å². The summed E-state index contributed by atoms with van der Waals surface area (Å²) in [5.41, 5.74) is 3.01. The van der Waals surface area contributed by atoms with E-state index in [0.29, 0.717) is 41.8 Å². The molecule has 4 fully saturated rings. The van der Waals surface area contributed by atoms with Crippen LogP contribution in [0.5, 0.6) is 11.8 Å². The Morgan fingerprint density at radius 3 is 2.76 bits per heavy atom. The van der Waals surface area contributed by atoms with Crippen LogP contribution in [0, 0.1) is 5.82 Å². The van der Waals surface area contributed by atoms with E-state index in [2.05, 4.69) is 26.2 Å². The van der Waals surface area contributed by atoms with Crippen molar-refractivity contribution in [2.75, 3.05) is 37.7 Å². The van der Waals surface area contributed by atoms with Crippen molar-refractivity contribution in [2.45, 2.75) is 81.6 Å². The Kier molecular flexibility index (Phi) is 6.43. The van der Waals surface area contributed by atoms with E-state index in [9.17, 15) is 9.50 Å². The number of phenols is 1. The summed E-state index contributed by atoms with van der Waals surface area (Å²) in [5, 5.41) is 16.7. The van der Waals surface area contributed by atoms with E-state index in [1.54, 1.807) is 18.3 Å². The summed E-state index contributed by atoms with van der Waals surface area (Å²) < 4.78 is 37.8. The van der Waals surface area contributed by atoms with Crippen molar-refractivity contribution in [1.82, 2.24) is 25.2 Å². The number of aryl methyl sites for hydroxylation is 2. The average Bonchev–Trinajstić information content (AvgIpc) is 3.69. The summed E-state index contributed by atoms with van der Waals surface area (Å²) in [5.74, 6) is 0.145. The SMILES string of the molecule is Oc1cc(-c2ncc3c(N4C[C@H]5CC[C@@H](C4)N5)nc(OC[C@@]45CCCN4C[C@H](F)C5)nc3c2F)c2c3c(ccc2c1)CCCC3. The summed E-state index contributed by atoms with van der Waals surface area (Å²) in [6, 6.07) is 8.34. The number of nitrogens with zero attached hydrogens (tertiary/aromatic N) is 5. The van der Waals surface area contributed by atoms with Crippen molar-refractivity contribution in [3.05, 3.63) is 47.4 Å². The van der Waals surface area contributed by atoms with Crippen LogP contribution in [-0.2, 0) is 12.8 Å². The van der Waals surface area contributed by atoms with Gasteiger partial charge in [-0.1, -0.05) is 12.1 Å². The van der Waals surface area contributed by atoms with Gasteiger partial charge in [0.05, 0.1) is 10.9 Å². The van der Waals surface area contributed by atoms with E-state index in [-0.39, 0.29) is 35.1 Å². The second-order valence-corrected chi connectivity index (χ2v) is 13.9. The van der Waals surface area contributed by atoms with Crippen molar-refractivity contribution in [3.63, 3.8) is 0 Å². The zero-order chi connectivity index (χ0) is 30.3. The van der Waals surface area contributed by atoms with Gasteiger partial charge in [-0.15, -0.1) is 0 Å². The molecule has 0 saturated carbocycles. The molecule has 234 valence electrons. The molecule has 0 unspecified atom stereocenters. The Hall–Kier alpha value is -3.63. The molecule has 2 N–H and O–H groups in total. The molecule has 2 aromatic carbocycles. The molecule has 2 aromatic heterocycles. The first-order valence-electron chi connectivity index (χ1n) is 16.6. The van der Waals surface area contributed by atoms with Crippen molar-refractivity contribution in [2.24, 2.45) is 0 Å². The molecule has 4 atom stereocenters. The van der Waals surface area contributed by atoms with Gasteiger partial charge in [-0.3, -0.25) is 9.88 Å². The van der Waals surface area contributed by atoms with E-state index in [0.717, 1.165) is 81.8 Å². The number of nitrogens with one attached hydrogen (secondary N) is 1. The number of rotatable bonds is 5.